The average molecular weight is 778 g/mol. The number of unbranched alkanes of at least 4 members (excludes halogenated alkanes) is 36. The lowest BCUT2D eigenvalue weighted by Gasteiger charge is -2.23. The van der Waals surface area contributed by atoms with Gasteiger partial charge in [-0.05, 0) is 38.5 Å². The lowest BCUT2D eigenvalue weighted by Crippen LogP contribution is -2.49. The lowest BCUT2D eigenvalue weighted by atomic mass is 10.0. The monoisotopic (exact) mass is 778 g/mol. The molecule has 0 spiro atoms. The number of amides is 1. The van der Waals surface area contributed by atoms with Gasteiger partial charge < -0.3 is 20.6 Å². The van der Waals surface area contributed by atoms with Gasteiger partial charge in [0, 0.05) is 0 Å². The Morgan fingerprint density at radius 1 is 0.418 bits per heavy atom. The molecule has 328 valence electrons. The van der Waals surface area contributed by atoms with Crippen molar-refractivity contribution in [1.82, 2.24) is 5.32 Å². The number of nitrogens with one attached hydrogen (secondary N) is 1. The summed E-state index contributed by atoms with van der Waals surface area (Å²) in [5.41, 5.74) is 0. The van der Waals surface area contributed by atoms with Gasteiger partial charge in [0.2, 0.25) is 5.91 Å². The van der Waals surface area contributed by atoms with Crippen molar-refractivity contribution in [2.75, 3.05) is 6.61 Å². The van der Waals surface area contributed by atoms with Crippen LogP contribution in [-0.4, -0.2) is 46.1 Å². The van der Waals surface area contributed by atoms with Crippen molar-refractivity contribution in [3.8, 4) is 0 Å². The molecule has 3 unspecified atom stereocenters. The summed E-state index contributed by atoms with van der Waals surface area (Å²) in [6.45, 7) is 4.26. The molecule has 0 heterocycles. The maximum absolute atomic E-state index is 12.5. The first-order valence-electron chi connectivity index (χ1n) is 25.0. The molecule has 0 aromatic rings. The minimum absolute atomic E-state index is 0.311. The molecule has 55 heavy (non-hydrogen) atoms. The normalized spacial score (nSPS) is 13.5. The number of allylic oxidation sites excluding steroid dienone is 2. The highest BCUT2D eigenvalue weighted by Gasteiger charge is 2.23. The predicted octanol–water partition coefficient (Wildman–Crippen LogP) is 14.8. The van der Waals surface area contributed by atoms with E-state index < -0.39 is 24.2 Å². The summed E-state index contributed by atoms with van der Waals surface area (Å²) < 4.78 is 0. The van der Waals surface area contributed by atoms with E-state index in [-0.39, 0.29) is 6.61 Å². The van der Waals surface area contributed by atoms with Crippen LogP contribution >= 0.6 is 0 Å². The highest BCUT2D eigenvalue weighted by atomic mass is 16.3. The molecule has 4 N–H and O–H groups in total. The molecule has 0 aliphatic heterocycles. The molecule has 0 radical (unpaired) electrons. The largest absolute Gasteiger partial charge is 0.394 e. The number of rotatable bonds is 46. The van der Waals surface area contributed by atoms with Crippen LogP contribution in [0.25, 0.3) is 0 Å². The zero-order valence-electron chi connectivity index (χ0n) is 37.3. The van der Waals surface area contributed by atoms with Crippen LogP contribution in [0.3, 0.4) is 0 Å². The Labute approximate surface area is 344 Å². The van der Waals surface area contributed by atoms with Gasteiger partial charge in [0.15, 0.2) is 0 Å². The van der Waals surface area contributed by atoms with Gasteiger partial charge in [0.25, 0.3) is 0 Å². The number of carbonyl (C=O) groups excluding carboxylic acids is 1. The van der Waals surface area contributed by atoms with E-state index in [4.69, 9.17) is 0 Å². The van der Waals surface area contributed by atoms with E-state index in [2.05, 4.69) is 31.3 Å². The van der Waals surface area contributed by atoms with E-state index >= 15 is 0 Å². The fraction of sp³-hybridized carbons (Fsp3) is 0.940. The van der Waals surface area contributed by atoms with Crippen molar-refractivity contribution in [1.29, 1.82) is 0 Å². The summed E-state index contributed by atoms with van der Waals surface area (Å²) >= 11 is 0. The summed E-state index contributed by atoms with van der Waals surface area (Å²) in [5, 5.41) is 33.4. The summed E-state index contributed by atoms with van der Waals surface area (Å²) in [5.74, 6) is -0.468. The van der Waals surface area contributed by atoms with Gasteiger partial charge in [-0.2, -0.15) is 0 Å². The van der Waals surface area contributed by atoms with Crippen molar-refractivity contribution < 1.29 is 20.1 Å². The Hall–Kier alpha value is -0.910. The van der Waals surface area contributed by atoms with Gasteiger partial charge in [-0.25, -0.2) is 0 Å². The van der Waals surface area contributed by atoms with Gasteiger partial charge in [-0.15, -0.1) is 0 Å². The Kier molecular flexibility index (Phi) is 45.0. The van der Waals surface area contributed by atoms with Crippen molar-refractivity contribution in [3.63, 3.8) is 0 Å². The van der Waals surface area contributed by atoms with Gasteiger partial charge in [0.1, 0.15) is 6.10 Å². The van der Waals surface area contributed by atoms with Crippen molar-refractivity contribution >= 4 is 5.91 Å². The first kappa shape index (κ1) is 54.1. The van der Waals surface area contributed by atoms with Crippen LogP contribution in [0, 0.1) is 0 Å². The molecule has 3 atom stereocenters. The first-order valence-corrected chi connectivity index (χ1v) is 25.0. The Morgan fingerprint density at radius 2 is 0.691 bits per heavy atom. The Morgan fingerprint density at radius 3 is 1.00 bits per heavy atom. The van der Waals surface area contributed by atoms with Crippen LogP contribution in [0.4, 0.5) is 0 Å². The molecule has 0 aromatic heterocycles. The molecule has 0 aliphatic rings. The molecule has 0 bridgehead atoms. The van der Waals surface area contributed by atoms with E-state index in [9.17, 15) is 20.1 Å². The third-order valence-corrected chi connectivity index (χ3v) is 11.9. The highest BCUT2D eigenvalue weighted by Crippen LogP contribution is 2.17. The second-order valence-electron chi connectivity index (χ2n) is 17.4. The van der Waals surface area contributed by atoms with Crippen LogP contribution in [0.1, 0.15) is 277 Å². The minimum Gasteiger partial charge on any atom is -0.394 e. The zero-order chi connectivity index (χ0) is 40.1. The molecule has 0 aliphatic carbocycles. The van der Waals surface area contributed by atoms with E-state index in [0.717, 1.165) is 32.1 Å². The summed E-state index contributed by atoms with van der Waals surface area (Å²) in [6.07, 6.45) is 55.2. The van der Waals surface area contributed by atoms with E-state index in [0.29, 0.717) is 12.8 Å². The maximum atomic E-state index is 12.5. The second-order valence-corrected chi connectivity index (χ2v) is 17.4. The Balaban J connectivity index is 3.55. The van der Waals surface area contributed by atoms with Gasteiger partial charge >= 0.3 is 0 Å². The second kappa shape index (κ2) is 45.8. The number of hydrogen-bond donors (Lipinski definition) is 4. The number of aliphatic hydroxyl groups is 3. The zero-order valence-corrected chi connectivity index (χ0v) is 37.3. The molecule has 1 amide bonds. The summed E-state index contributed by atoms with van der Waals surface area (Å²) in [6, 6.07) is -0.710. The molecule has 0 saturated carbocycles. The number of hydrogen-bond acceptors (Lipinski definition) is 4. The molecule has 0 fully saturated rings. The van der Waals surface area contributed by atoms with Crippen LogP contribution in [0.15, 0.2) is 12.2 Å². The Bertz CT molecular complexity index is 773. The first-order chi connectivity index (χ1) is 27.1. The molecule has 0 aromatic carbocycles. The summed E-state index contributed by atoms with van der Waals surface area (Å²) in [4.78, 5) is 12.5. The third kappa shape index (κ3) is 41.1. The van der Waals surface area contributed by atoms with Crippen LogP contribution < -0.4 is 5.32 Å². The molecular formula is C50H99NO4. The quantitative estimate of drug-likeness (QED) is 0.0366. The van der Waals surface area contributed by atoms with Gasteiger partial charge in [-0.1, -0.05) is 251 Å². The van der Waals surface area contributed by atoms with Crippen molar-refractivity contribution in [2.45, 2.75) is 295 Å². The molecule has 0 rings (SSSR count). The van der Waals surface area contributed by atoms with Gasteiger partial charge in [-0.3, -0.25) is 4.79 Å². The molecule has 0 saturated heterocycles. The molecule has 5 nitrogen and oxygen atoms in total. The average Bonchev–Trinajstić information content (AvgIpc) is 3.19. The topological polar surface area (TPSA) is 89.8 Å². The third-order valence-electron chi connectivity index (χ3n) is 11.9. The van der Waals surface area contributed by atoms with Crippen LogP contribution in [-0.2, 0) is 4.79 Å². The van der Waals surface area contributed by atoms with Crippen LogP contribution in [0.5, 0.6) is 0 Å². The highest BCUT2D eigenvalue weighted by molar-refractivity contribution is 5.80. The standard InChI is InChI=1S/C50H99NO4/c1-3-5-7-9-11-13-15-17-19-21-22-23-24-25-26-27-28-29-31-33-35-37-39-41-43-45-49(54)50(55)51-47(46-52)48(53)44-42-40-38-36-34-32-30-20-18-16-14-12-10-8-6-4-2/h25-26,47-49,52-54H,3-24,27-46H2,1-2H3,(H,51,55)/b26-25-. The molecule has 5 heteroatoms. The van der Waals surface area contributed by atoms with Crippen molar-refractivity contribution in [3.05, 3.63) is 12.2 Å². The lowest BCUT2D eigenvalue weighted by molar-refractivity contribution is -0.131. The van der Waals surface area contributed by atoms with Crippen molar-refractivity contribution in [2.24, 2.45) is 0 Å². The van der Waals surface area contributed by atoms with Crippen LogP contribution in [0.2, 0.25) is 0 Å². The van der Waals surface area contributed by atoms with E-state index in [1.807, 2.05) is 0 Å². The number of carbonyl (C=O) groups is 1. The smallest absolute Gasteiger partial charge is 0.249 e. The summed E-state index contributed by atoms with van der Waals surface area (Å²) in [7, 11) is 0. The van der Waals surface area contributed by atoms with E-state index in [1.165, 1.54) is 218 Å². The predicted molar refractivity (Wildman–Crippen MR) is 241 cm³/mol. The fourth-order valence-corrected chi connectivity index (χ4v) is 7.95. The SMILES string of the molecule is CCCCCCCCCCCCCC/C=C\CCCCCCCCCCCC(O)C(=O)NC(CO)C(O)CCCCCCCCCCCCCCCCCC. The van der Waals surface area contributed by atoms with Gasteiger partial charge in [0.05, 0.1) is 18.8 Å². The fourth-order valence-electron chi connectivity index (χ4n) is 7.95. The molecular weight excluding hydrogens is 679 g/mol. The number of aliphatic hydroxyl groups excluding tert-OH is 3. The van der Waals surface area contributed by atoms with E-state index in [1.54, 1.807) is 0 Å². The maximum Gasteiger partial charge on any atom is 0.249 e. The minimum atomic E-state index is -1.07.